The molecule has 0 aliphatic carbocycles. The summed E-state index contributed by atoms with van der Waals surface area (Å²) in [6.45, 7) is 1.03. The van der Waals surface area contributed by atoms with Crippen molar-refractivity contribution in [1.82, 2.24) is 5.32 Å². The Labute approximate surface area is 115 Å². The lowest BCUT2D eigenvalue weighted by molar-refractivity contribution is -0.387. The highest BCUT2D eigenvalue weighted by Crippen LogP contribution is 2.18. The van der Waals surface area contributed by atoms with Crippen molar-refractivity contribution in [3.63, 3.8) is 0 Å². The second kappa shape index (κ2) is 6.42. The standard InChI is InChI=1S/C13H15FN2O4/c14-11-5-4-9(7-12(11)16(18)19)13(17)15-8-10-3-1-2-6-20-10/h4-5,7,10H,1-3,6,8H2,(H,15,17). The number of nitrogens with one attached hydrogen (secondary N) is 1. The first kappa shape index (κ1) is 14.4. The zero-order chi connectivity index (χ0) is 14.5. The van der Waals surface area contributed by atoms with Crippen LogP contribution < -0.4 is 5.32 Å². The van der Waals surface area contributed by atoms with Gasteiger partial charge in [0.2, 0.25) is 5.82 Å². The van der Waals surface area contributed by atoms with Crippen LogP contribution >= 0.6 is 0 Å². The molecule has 0 bridgehead atoms. The zero-order valence-electron chi connectivity index (χ0n) is 10.8. The van der Waals surface area contributed by atoms with Gasteiger partial charge in [0.1, 0.15) is 0 Å². The smallest absolute Gasteiger partial charge is 0.305 e. The van der Waals surface area contributed by atoms with Gasteiger partial charge in [-0.3, -0.25) is 14.9 Å². The van der Waals surface area contributed by atoms with E-state index in [0.29, 0.717) is 13.2 Å². The molecule has 1 aromatic carbocycles. The van der Waals surface area contributed by atoms with Gasteiger partial charge in [0.25, 0.3) is 5.91 Å². The molecule has 1 aromatic rings. The van der Waals surface area contributed by atoms with E-state index in [1.807, 2.05) is 0 Å². The predicted molar refractivity (Wildman–Crippen MR) is 69.0 cm³/mol. The minimum absolute atomic E-state index is 0.0249. The lowest BCUT2D eigenvalue weighted by Gasteiger charge is -2.22. The molecule has 1 N–H and O–H groups in total. The summed E-state index contributed by atoms with van der Waals surface area (Å²) in [5.74, 6) is -1.43. The topological polar surface area (TPSA) is 81.5 Å². The maximum atomic E-state index is 13.2. The highest BCUT2D eigenvalue weighted by Gasteiger charge is 2.19. The van der Waals surface area contributed by atoms with Crippen LogP contribution in [-0.2, 0) is 4.74 Å². The van der Waals surface area contributed by atoms with Crippen LogP contribution in [0.4, 0.5) is 10.1 Å². The normalized spacial score (nSPS) is 18.6. The summed E-state index contributed by atoms with van der Waals surface area (Å²) in [5, 5.41) is 13.3. The molecule has 20 heavy (non-hydrogen) atoms. The fraction of sp³-hybridized carbons (Fsp3) is 0.462. The number of carbonyl (C=O) groups excluding carboxylic acids is 1. The third-order valence-corrected chi connectivity index (χ3v) is 3.17. The SMILES string of the molecule is O=C(NCC1CCCCO1)c1ccc(F)c([N+](=O)[O-])c1. The van der Waals surface area contributed by atoms with Gasteiger partial charge in [-0.1, -0.05) is 0 Å². The van der Waals surface area contributed by atoms with Crippen molar-refractivity contribution in [2.75, 3.05) is 13.2 Å². The quantitative estimate of drug-likeness (QED) is 0.676. The molecule has 0 spiro atoms. The highest BCUT2D eigenvalue weighted by atomic mass is 19.1. The van der Waals surface area contributed by atoms with E-state index in [1.54, 1.807) is 0 Å². The minimum Gasteiger partial charge on any atom is -0.376 e. The number of rotatable bonds is 4. The van der Waals surface area contributed by atoms with Gasteiger partial charge < -0.3 is 10.1 Å². The lowest BCUT2D eigenvalue weighted by atomic mass is 10.1. The van der Waals surface area contributed by atoms with Crippen molar-refractivity contribution >= 4 is 11.6 Å². The Morgan fingerprint density at radius 2 is 2.30 bits per heavy atom. The molecule has 1 unspecified atom stereocenters. The van der Waals surface area contributed by atoms with Gasteiger partial charge >= 0.3 is 5.69 Å². The molecule has 108 valence electrons. The Balaban J connectivity index is 1.98. The Morgan fingerprint density at radius 3 is 2.95 bits per heavy atom. The van der Waals surface area contributed by atoms with Crippen molar-refractivity contribution in [2.45, 2.75) is 25.4 Å². The largest absolute Gasteiger partial charge is 0.376 e. The first-order valence-electron chi connectivity index (χ1n) is 6.41. The van der Waals surface area contributed by atoms with Crippen molar-refractivity contribution in [3.05, 3.63) is 39.7 Å². The maximum absolute atomic E-state index is 13.2. The molecule has 1 heterocycles. The number of nitro benzene ring substituents is 1. The Bertz CT molecular complexity index is 515. The van der Waals surface area contributed by atoms with E-state index in [2.05, 4.69) is 5.32 Å². The van der Waals surface area contributed by atoms with Gasteiger partial charge in [-0.25, -0.2) is 0 Å². The van der Waals surface area contributed by atoms with E-state index in [-0.39, 0.29) is 11.7 Å². The van der Waals surface area contributed by atoms with E-state index in [9.17, 15) is 19.3 Å². The Morgan fingerprint density at radius 1 is 1.50 bits per heavy atom. The number of hydrogen-bond donors (Lipinski definition) is 1. The van der Waals surface area contributed by atoms with Crippen LogP contribution in [0.2, 0.25) is 0 Å². The molecule has 0 radical (unpaired) electrons. The van der Waals surface area contributed by atoms with E-state index in [0.717, 1.165) is 31.4 Å². The number of ether oxygens (including phenoxy) is 1. The second-order valence-electron chi connectivity index (χ2n) is 4.62. The zero-order valence-corrected chi connectivity index (χ0v) is 10.8. The van der Waals surface area contributed by atoms with Gasteiger partial charge in [-0.15, -0.1) is 0 Å². The average molecular weight is 282 g/mol. The molecule has 0 aromatic heterocycles. The second-order valence-corrected chi connectivity index (χ2v) is 4.62. The van der Waals surface area contributed by atoms with E-state index >= 15 is 0 Å². The number of benzene rings is 1. The highest BCUT2D eigenvalue weighted by molar-refractivity contribution is 5.94. The van der Waals surface area contributed by atoms with E-state index in [4.69, 9.17) is 4.74 Å². The fourth-order valence-corrected chi connectivity index (χ4v) is 2.07. The van der Waals surface area contributed by atoms with Crippen molar-refractivity contribution in [2.24, 2.45) is 0 Å². The van der Waals surface area contributed by atoms with Crippen LogP contribution in [0.15, 0.2) is 18.2 Å². The molecule has 1 aliphatic rings. The van der Waals surface area contributed by atoms with Crippen LogP contribution in [0.5, 0.6) is 0 Å². The van der Waals surface area contributed by atoms with Crippen LogP contribution in [0, 0.1) is 15.9 Å². The Kier molecular flexibility index (Phi) is 4.62. The third kappa shape index (κ3) is 3.51. The monoisotopic (exact) mass is 282 g/mol. The third-order valence-electron chi connectivity index (χ3n) is 3.17. The van der Waals surface area contributed by atoms with E-state index in [1.165, 1.54) is 6.07 Å². The number of nitro groups is 1. The average Bonchev–Trinajstić information content (AvgIpc) is 2.46. The van der Waals surface area contributed by atoms with Crippen LogP contribution in [-0.4, -0.2) is 30.1 Å². The fourth-order valence-electron chi connectivity index (χ4n) is 2.07. The minimum atomic E-state index is -0.956. The van der Waals surface area contributed by atoms with Gasteiger partial charge in [-0.05, 0) is 31.4 Å². The van der Waals surface area contributed by atoms with Crippen LogP contribution in [0.25, 0.3) is 0 Å². The number of halogens is 1. The predicted octanol–water partition coefficient (Wildman–Crippen LogP) is 2.03. The number of carbonyl (C=O) groups is 1. The molecule has 1 fully saturated rings. The molecule has 0 saturated carbocycles. The summed E-state index contributed by atoms with van der Waals surface area (Å²) in [6, 6.07) is 3.08. The van der Waals surface area contributed by atoms with Crippen molar-refractivity contribution < 1.29 is 18.8 Å². The number of amides is 1. The van der Waals surface area contributed by atoms with Crippen molar-refractivity contribution in [3.8, 4) is 0 Å². The summed E-state index contributed by atoms with van der Waals surface area (Å²) in [5.41, 5.74) is -0.638. The number of nitrogens with zero attached hydrogens (tertiary/aromatic N) is 1. The molecular weight excluding hydrogens is 267 g/mol. The van der Waals surface area contributed by atoms with Gasteiger partial charge in [0.05, 0.1) is 11.0 Å². The Hall–Kier alpha value is -2.02. The summed E-state index contributed by atoms with van der Waals surface area (Å²) in [7, 11) is 0. The molecule has 1 aliphatic heterocycles. The van der Waals surface area contributed by atoms with Crippen LogP contribution in [0.1, 0.15) is 29.6 Å². The first-order chi connectivity index (χ1) is 9.58. The molecule has 6 nitrogen and oxygen atoms in total. The van der Waals surface area contributed by atoms with Crippen molar-refractivity contribution in [1.29, 1.82) is 0 Å². The van der Waals surface area contributed by atoms with E-state index < -0.39 is 22.3 Å². The summed E-state index contributed by atoms with van der Waals surface area (Å²) >= 11 is 0. The summed E-state index contributed by atoms with van der Waals surface area (Å²) in [6.07, 6.45) is 2.93. The number of hydrogen-bond acceptors (Lipinski definition) is 4. The molecule has 1 atom stereocenters. The maximum Gasteiger partial charge on any atom is 0.305 e. The molecular formula is C13H15FN2O4. The molecule has 2 rings (SSSR count). The summed E-state index contributed by atoms with van der Waals surface area (Å²) in [4.78, 5) is 21.6. The van der Waals surface area contributed by atoms with Gasteiger partial charge in [0.15, 0.2) is 0 Å². The lowest BCUT2D eigenvalue weighted by Crippen LogP contribution is -2.35. The van der Waals surface area contributed by atoms with Gasteiger partial charge in [0, 0.05) is 24.8 Å². The molecule has 1 amide bonds. The molecule has 7 heteroatoms. The van der Waals surface area contributed by atoms with Gasteiger partial charge in [-0.2, -0.15) is 4.39 Å². The first-order valence-corrected chi connectivity index (χ1v) is 6.41. The molecule has 1 saturated heterocycles. The van der Waals surface area contributed by atoms with Crippen LogP contribution in [0.3, 0.4) is 0 Å². The summed E-state index contributed by atoms with van der Waals surface area (Å²) < 4.78 is 18.6.